The molecule has 0 amide bonds. The lowest BCUT2D eigenvalue weighted by atomic mass is 10.1. The van der Waals surface area contributed by atoms with Gasteiger partial charge in [0.25, 0.3) is 0 Å². The number of alkyl halides is 1. The molecule has 10 heavy (non-hydrogen) atoms. The predicted octanol–water partition coefficient (Wildman–Crippen LogP) is 0.807. The Labute approximate surface area is 65.2 Å². The number of carbonyl (C=O) groups is 1. The smallest absolute Gasteiger partial charge is 0.320 e. The molecule has 0 saturated carbocycles. The first kappa shape index (κ1) is 9.72. The van der Waals surface area contributed by atoms with Crippen LogP contribution in [-0.2, 0) is 4.79 Å². The summed E-state index contributed by atoms with van der Waals surface area (Å²) in [4.78, 5) is 10.1. The first-order valence-corrected chi connectivity index (χ1v) is 3.76. The zero-order valence-electron chi connectivity index (χ0n) is 5.72. The number of hydrogen-bond donors (Lipinski definition) is 2. The molecule has 0 aromatic carbocycles. The Morgan fingerprint density at radius 1 is 1.60 bits per heavy atom. The lowest BCUT2D eigenvalue weighted by Gasteiger charge is -2.03. The molecule has 0 aromatic rings. The van der Waals surface area contributed by atoms with Crippen LogP contribution >= 0.6 is 11.6 Å². The van der Waals surface area contributed by atoms with Crippen LogP contribution in [-0.4, -0.2) is 23.0 Å². The summed E-state index contributed by atoms with van der Waals surface area (Å²) in [7, 11) is 0. The van der Waals surface area contributed by atoms with Crippen molar-refractivity contribution in [3.05, 3.63) is 0 Å². The van der Waals surface area contributed by atoms with E-state index >= 15 is 0 Å². The number of halogens is 1. The first-order valence-electron chi connectivity index (χ1n) is 3.23. The molecule has 0 aliphatic rings. The van der Waals surface area contributed by atoms with Gasteiger partial charge in [0.2, 0.25) is 0 Å². The second-order valence-electron chi connectivity index (χ2n) is 2.13. The number of carboxylic acids is 1. The van der Waals surface area contributed by atoms with E-state index in [1.54, 1.807) is 0 Å². The number of unbranched alkanes of at least 4 members (excludes halogenated alkanes) is 1. The molecule has 60 valence electrons. The second-order valence-corrected chi connectivity index (χ2v) is 2.51. The molecule has 3 N–H and O–H groups in total. The quantitative estimate of drug-likeness (QED) is 0.468. The number of nitrogens with two attached hydrogens (primary N) is 1. The highest BCUT2D eigenvalue weighted by molar-refractivity contribution is 6.17. The number of aliphatic carboxylic acids is 1. The van der Waals surface area contributed by atoms with Gasteiger partial charge in [0.05, 0.1) is 0 Å². The maximum atomic E-state index is 10.1. The molecule has 0 saturated heterocycles. The van der Waals surface area contributed by atoms with E-state index < -0.39 is 12.0 Å². The van der Waals surface area contributed by atoms with Crippen LogP contribution in [0.5, 0.6) is 0 Å². The number of carboxylic acid groups (broad SMARTS) is 1. The highest BCUT2D eigenvalue weighted by Crippen LogP contribution is 1.99. The van der Waals surface area contributed by atoms with Crippen LogP contribution in [0.2, 0.25) is 0 Å². The van der Waals surface area contributed by atoms with Crippen molar-refractivity contribution in [3.8, 4) is 0 Å². The van der Waals surface area contributed by atoms with Gasteiger partial charge < -0.3 is 10.8 Å². The highest BCUT2D eigenvalue weighted by atomic mass is 35.5. The lowest BCUT2D eigenvalue weighted by Crippen LogP contribution is -2.29. The normalized spacial score (nSPS) is 13.0. The summed E-state index contributed by atoms with van der Waals surface area (Å²) < 4.78 is 0. The van der Waals surface area contributed by atoms with Crippen molar-refractivity contribution < 1.29 is 9.90 Å². The van der Waals surface area contributed by atoms with E-state index in [4.69, 9.17) is 22.4 Å². The third-order valence-corrected chi connectivity index (χ3v) is 1.48. The molecule has 4 heteroatoms. The van der Waals surface area contributed by atoms with Crippen LogP contribution in [0.25, 0.3) is 0 Å². The van der Waals surface area contributed by atoms with E-state index in [1.807, 2.05) is 0 Å². The molecule has 0 aliphatic heterocycles. The van der Waals surface area contributed by atoms with Crippen LogP contribution in [0.3, 0.4) is 0 Å². The van der Waals surface area contributed by atoms with Crippen LogP contribution in [0.1, 0.15) is 19.3 Å². The highest BCUT2D eigenvalue weighted by Gasteiger charge is 2.09. The fourth-order valence-corrected chi connectivity index (χ4v) is 0.771. The molecular weight excluding hydrogens is 154 g/mol. The summed E-state index contributed by atoms with van der Waals surface area (Å²) in [6.07, 6.45) is 2.14. The summed E-state index contributed by atoms with van der Waals surface area (Å²) in [6, 6.07) is -0.719. The number of hydrogen-bond acceptors (Lipinski definition) is 2. The Morgan fingerprint density at radius 2 is 2.20 bits per heavy atom. The van der Waals surface area contributed by atoms with Crippen LogP contribution in [0, 0.1) is 0 Å². The maximum Gasteiger partial charge on any atom is 0.320 e. The summed E-state index contributed by atoms with van der Waals surface area (Å²) >= 11 is 5.38. The Balaban J connectivity index is 3.21. The van der Waals surface area contributed by atoms with Gasteiger partial charge in [-0.3, -0.25) is 4.79 Å². The Bertz CT molecular complexity index is 108. The molecule has 3 nitrogen and oxygen atoms in total. The fourth-order valence-electron chi connectivity index (χ4n) is 0.582. The Hall–Kier alpha value is -0.280. The molecule has 0 rings (SSSR count). The molecule has 0 aromatic heterocycles. The lowest BCUT2D eigenvalue weighted by molar-refractivity contribution is -0.138. The largest absolute Gasteiger partial charge is 0.480 e. The van der Waals surface area contributed by atoms with Gasteiger partial charge in [0, 0.05) is 5.88 Å². The fraction of sp³-hybridized carbons (Fsp3) is 0.833. The monoisotopic (exact) mass is 165 g/mol. The van der Waals surface area contributed by atoms with Crippen molar-refractivity contribution in [3.63, 3.8) is 0 Å². The molecule has 0 aliphatic carbocycles. The van der Waals surface area contributed by atoms with Gasteiger partial charge in [-0.15, -0.1) is 11.6 Å². The zero-order valence-corrected chi connectivity index (χ0v) is 6.47. The standard InChI is InChI=1S/C6H12ClNO2/c7-4-2-1-3-5(8)6(9)10/h5H,1-4,8H2,(H,9,10)/t5-/m0/s1. The predicted molar refractivity (Wildman–Crippen MR) is 40.2 cm³/mol. The van der Waals surface area contributed by atoms with E-state index in [2.05, 4.69) is 0 Å². The third-order valence-electron chi connectivity index (χ3n) is 1.22. The summed E-state index contributed by atoms with van der Waals surface area (Å²) in [6.45, 7) is 0. The van der Waals surface area contributed by atoms with Crippen molar-refractivity contribution in [2.75, 3.05) is 5.88 Å². The van der Waals surface area contributed by atoms with E-state index in [0.29, 0.717) is 12.3 Å². The summed E-state index contributed by atoms with van der Waals surface area (Å²) in [5, 5.41) is 8.32. The third kappa shape index (κ3) is 4.58. The van der Waals surface area contributed by atoms with Gasteiger partial charge in [-0.1, -0.05) is 6.42 Å². The van der Waals surface area contributed by atoms with E-state index in [-0.39, 0.29) is 0 Å². The van der Waals surface area contributed by atoms with Gasteiger partial charge in [0.1, 0.15) is 6.04 Å². The molecule has 1 atom stereocenters. The van der Waals surface area contributed by atoms with Gasteiger partial charge >= 0.3 is 5.97 Å². The van der Waals surface area contributed by atoms with Gasteiger partial charge in [-0.25, -0.2) is 0 Å². The van der Waals surface area contributed by atoms with Crippen molar-refractivity contribution in [2.24, 2.45) is 5.73 Å². The Kier molecular flexibility index (Phi) is 5.35. The Morgan fingerprint density at radius 3 is 2.60 bits per heavy atom. The van der Waals surface area contributed by atoms with E-state index in [0.717, 1.165) is 12.8 Å². The topological polar surface area (TPSA) is 63.3 Å². The van der Waals surface area contributed by atoms with Gasteiger partial charge in [0.15, 0.2) is 0 Å². The summed E-state index contributed by atoms with van der Waals surface area (Å²) in [5.41, 5.74) is 5.21. The van der Waals surface area contributed by atoms with Crippen molar-refractivity contribution >= 4 is 17.6 Å². The van der Waals surface area contributed by atoms with Crippen LogP contribution in [0.4, 0.5) is 0 Å². The van der Waals surface area contributed by atoms with Crippen molar-refractivity contribution in [2.45, 2.75) is 25.3 Å². The number of rotatable bonds is 5. The molecule has 0 unspecified atom stereocenters. The van der Waals surface area contributed by atoms with E-state index in [1.165, 1.54) is 0 Å². The van der Waals surface area contributed by atoms with Gasteiger partial charge in [-0.05, 0) is 12.8 Å². The van der Waals surface area contributed by atoms with Crippen molar-refractivity contribution in [1.82, 2.24) is 0 Å². The van der Waals surface area contributed by atoms with E-state index in [9.17, 15) is 4.79 Å². The zero-order chi connectivity index (χ0) is 7.98. The minimum Gasteiger partial charge on any atom is -0.480 e. The SMILES string of the molecule is N[C@@H](CCCCCl)C(=O)O. The molecule has 0 spiro atoms. The van der Waals surface area contributed by atoms with Crippen molar-refractivity contribution in [1.29, 1.82) is 0 Å². The minimum atomic E-state index is -0.936. The molecule has 0 radical (unpaired) electrons. The molecular formula is C6H12ClNO2. The minimum absolute atomic E-state index is 0.516. The average molecular weight is 166 g/mol. The molecule has 0 heterocycles. The van der Waals surface area contributed by atoms with Crippen LogP contribution < -0.4 is 5.73 Å². The first-order chi connectivity index (χ1) is 4.68. The van der Waals surface area contributed by atoms with Gasteiger partial charge in [-0.2, -0.15) is 0 Å². The second kappa shape index (κ2) is 5.50. The average Bonchev–Trinajstić information content (AvgIpc) is 1.88. The van der Waals surface area contributed by atoms with Crippen LogP contribution in [0.15, 0.2) is 0 Å². The molecule has 0 bridgehead atoms. The molecule has 0 fully saturated rings. The maximum absolute atomic E-state index is 10.1. The summed E-state index contributed by atoms with van der Waals surface area (Å²) in [5.74, 6) is -0.360.